The molecule has 0 aliphatic carbocycles. The van der Waals surface area contributed by atoms with E-state index in [-0.39, 0.29) is 17.7 Å². The van der Waals surface area contributed by atoms with Gasteiger partial charge in [-0.1, -0.05) is 13.8 Å². The smallest absolute Gasteiger partial charge is 0.327 e. The summed E-state index contributed by atoms with van der Waals surface area (Å²) in [5, 5.41) is 12.1. The van der Waals surface area contributed by atoms with Crippen LogP contribution in [0.2, 0.25) is 0 Å². The Kier molecular flexibility index (Phi) is 5.37. The molecule has 2 heterocycles. The lowest BCUT2D eigenvalue weighted by atomic mass is 9.86. The van der Waals surface area contributed by atoms with E-state index in [2.05, 4.69) is 19.2 Å². The molecule has 2 amide bonds. The van der Waals surface area contributed by atoms with Crippen molar-refractivity contribution >= 4 is 23.8 Å². The second-order valence-corrected chi connectivity index (χ2v) is 6.70. The SMILES string of the molecule is CCC1(CC)CC(NC(=O)N2CSC[C@H]2C(=O)O)CCO1. The third-order valence-electron chi connectivity index (χ3n) is 4.54. The van der Waals surface area contributed by atoms with Gasteiger partial charge in [0.1, 0.15) is 6.04 Å². The molecule has 0 radical (unpaired) electrons. The molecule has 120 valence electrons. The zero-order chi connectivity index (χ0) is 15.5. The second-order valence-electron chi connectivity index (χ2n) is 5.70. The van der Waals surface area contributed by atoms with Gasteiger partial charge in [0.15, 0.2) is 0 Å². The fraction of sp³-hybridized carbons (Fsp3) is 0.857. The van der Waals surface area contributed by atoms with Crippen LogP contribution in [0.1, 0.15) is 39.5 Å². The van der Waals surface area contributed by atoms with Crippen molar-refractivity contribution in [2.75, 3.05) is 18.2 Å². The quantitative estimate of drug-likeness (QED) is 0.828. The number of ether oxygens (including phenoxy) is 1. The van der Waals surface area contributed by atoms with Gasteiger partial charge in [-0.2, -0.15) is 0 Å². The molecule has 2 fully saturated rings. The van der Waals surface area contributed by atoms with Gasteiger partial charge in [-0.05, 0) is 25.7 Å². The van der Waals surface area contributed by atoms with E-state index in [1.807, 2.05) is 0 Å². The van der Waals surface area contributed by atoms with E-state index in [9.17, 15) is 9.59 Å². The Bertz CT molecular complexity index is 400. The molecule has 2 saturated heterocycles. The fourth-order valence-corrected chi connectivity index (χ4v) is 4.14. The van der Waals surface area contributed by atoms with Crippen LogP contribution in [0.4, 0.5) is 4.79 Å². The number of hydrogen-bond donors (Lipinski definition) is 2. The first kappa shape index (κ1) is 16.4. The fourth-order valence-electron chi connectivity index (χ4n) is 3.00. The second kappa shape index (κ2) is 6.87. The maximum atomic E-state index is 12.3. The Labute approximate surface area is 129 Å². The molecule has 21 heavy (non-hydrogen) atoms. The Morgan fingerprint density at radius 2 is 2.14 bits per heavy atom. The lowest BCUT2D eigenvalue weighted by Crippen LogP contribution is -2.53. The number of carboxylic acid groups (broad SMARTS) is 1. The molecule has 0 aromatic rings. The number of amides is 2. The third kappa shape index (κ3) is 3.63. The highest BCUT2D eigenvalue weighted by Gasteiger charge is 2.38. The van der Waals surface area contributed by atoms with Crippen molar-refractivity contribution in [2.45, 2.75) is 57.2 Å². The molecule has 6 nitrogen and oxygen atoms in total. The first-order chi connectivity index (χ1) is 10.0. The largest absolute Gasteiger partial charge is 0.480 e. The lowest BCUT2D eigenvalue weighted by Gasteiger charge is -2.40. The average Bonchev–Trinajstić information content (AvgIpc) is 2.97. The van der Waals surface area contributed by atoms with Gasteiger partial charge in [0, 0.05) is 18.4 Å². The summed E-state index contributed by atoms with van der Waals surface area (Å²) in [6.07, 6.45) is 3.43. The number of nitrogens with zero attached hydrogens (tertiary/aromatic N) is 1. The first-order valence-electron chi connectivity index (χ1n) is 7.53. The third-order valence-corrected chi connectivity index (χ3v) is 5.55. The highest BCUT2D eigenvalue weighted by Crippen LogP contribution is 2.31. The van der Waals surface area contributed by atoms with Crippen molar-refractivity contribution < 1.29 is 19.4 Å². The van der Waals surface area contributed by atoms with Gasteiger partial charge < -0.3 is 20.1 Å². The molecule has 2 atom stereocenters. The molecule has 1 unspecified atom stereocenters. The van der Waals surface area contributed by atoms with Crippen LogP contribution in [0.25, 0.3) is 0 Å². The number of rotatable bonds is 4. The van der Waals surface area contributed by atoms with Crippen LogP contribution >= 0.6 is 11.8 Å². The molecule has 2 aliphatic heterocycles. The van der Waals surface area contributed by atoms with Crippen LogP contribution in [0.15, 0.2) is 0 Å². The number of nitrogens with one attached hydrogen (secondary N) is 1. The number of hydrogen-bond acceptors (Lipinski definition) is 4. The zero-order valence-electron chi connectivity index (χ0n) is 12.6. The number of thioether (sulfide) groups is 1. The van der Waals surface area contributed by atoms with Crippen LogP contribution in [-0.4, -0.2) is 57.9 Å². The molecule has 2 N–H and O–H groups in total. The summed E-state index contributed by atoms with van der Waals surface area (Å²) in [5.74, 6) is -0.0260. The Morgan fingerprint density at radius 1 is 1.43 bits per heavy atom. The predicted molar refractivity (Wildman–Crippen MR) is 81.4 cm³/mol. The summed E-state index contributed by atoms with van der Waals surface area (Å²) in [6, 6.07) is -0.913. The number of carboxylic acids is 1. The minimum absolute atomic E-state index is 0.0613. The first-order valence-corrected chi connectivity index (χ1v) is 8.68. The maximum Gasteiger partial charge on any atom is 0.327 e. The van der Waals surface area contributed by atoms with E-state index in [4.69, 9.17) is 9.84 Å². The number of aliphatic carboxylic acids is 1. The molecule has 2 rings (SSSR count). The molecule has 7 heteroatoms. The highest BCUT2D eigenvalue weighted by atomic mass is 32.2. The maximum absolute atomic E-state index is 12.3. The van der Waals surface area contributed by atoms with Crippen molar-refractivity contribution in [3.63, 3.8) is 0 Å². The Balaban J connectivity index is 1.94. The monoisotopic (exact) mass is 316 g/mol. The molecule has 0 saturated carbocycles. The van der Waals surface area contributed by atoms with Crippen molar-refractivity contribution in [1.29, 1.82) is 0 Å². The number of carbonyl (C=O) groups is 2. The van der Waals surface area contributed by atoms with Crippen molar-refractivity contribution in [1.82, 2.24) is 10.2 Å². The number of urea groups is 1. The normalized spacial score (nSPS) is 28.4. The number of carbonyl (C=O) groups excluding carboxylic acids is 1. The van der Waals surface area contributed by atoms with Gasteiger partial charge in [0.05, 0.1) is 11.5 Å². The van der Waals surface area contributed by atoms with Gasteiger partial charge in [-0.3, -0.25) is 0 Å². The van der Waals surface area contributed by atoms with Crippen molar-refractivity contribution in [2.24, 2.45) is 0 Å². The van der Waals surface area contributed by atoms with Crippen molar-refractivity contribution in [3.8, 4) is 0 Å². The van der Waals surface area contributed by atoms with Crippen LogP contribution < -0.4 is 5.32 Å². The summed E-state index contributed by atoms with van der Waals surface area (Å²) in [7, 11) is 0. The molecule has 0 aromatic heterocycles. The van der Waals surface area contributed by atoms with Crippen molar-refractivity contribution in [3.05, 3.63) is 0 Å². The van der Waals surface area contributed by atoms with Gasteiger partial charge >= 0.3 is 12.0 Å². The minimum Gasteiger partial charge on any atom is -0.480 e. The molecule has 0 aromatic carbocycles. The van der Waals surface area contributed by atoms with Gasteiger partial charge in [-0.25, -0.2) is 9.59 Å². The Morgan fingerprint density at radius 3 is 2.76 bits per heavy atom. The van der Waals surface area contributed by atoms with Crippen LogP contribution in [-0.2, 0) is 9.53 Å². The summed E-state index contributed by atoms with van der Waals surface area (Å²) in [4.78, 5) is 24.9. The van der Waals surface area contributed by atoms with E-state index in [0.717, 1.165) is 25.7 Å². The summed E-state index contributed by atoms with van der Waals surface area (Å²) < 4.78 is 5.90. The predicted octanol–water partition coefficient (Wildman–Crippen LogP) is 1.89. The molecular weight excluding hydrogens is 292 g/mol. The average molecular weight is 316 g/mol. The lowest BCUT2D eigenvalue weighted by molar-refractivity contribution is -0.140. The molecule has 0 spiro atoms. The van der Waals surface area contributed by atoms with E-state index < -0.39 is 12.0 Å². The van der Waals surface area contributed by atoms with Gasteiger partial charge in [0.2, 0.25) is 0 Å². The van der Waals surface area contributed by atoms with E-state index in [1.165, 1.54) is 16.7 Å². The van der Waals surface area contributed by atoms with Crippen LogP contribution in [0.5, 0.6) is 0 Å². The van der Waals surface area contributed by atoms with Gasteiger partial charge in [0.25, 0.3) is 0 Å². The highest BCUT2D eigenvalue weighted by molar-refractivity contribution is 7.99. The molecular formula is C14H24N2O4S. The van der Waals surface area contributed by atoms with E-state index in [0.29, 0.717) is 18.2 Å². The van der Waals surface area contributed by atoms with E-state index in [1.54, 1.807) is 0 Å². The van der Waals surface area contributed by atoms with Crippen LogP contribution in [0.3, 0.4) is 0 Å². The summed E-state index contributed by atoms with van der Waals surface area (Å²) in [5.41, 5.74) is -0.151. The molecule has 2 aliphatic rings. The van der Waals surface area contributed by atoms with Crippen LogP contribution in [0, 0.1) is 0 Å². The Hall–Kier alpha value is -0.950. The standard InChI is InChI=1S/C14H24N2O4S/c1-3-14(4-2)7-10(5-6-20-14)15-13(19)16-9-21-8-11(16)12(17)18/h10-11H,3-9H2,1-2H3,(H,15,19)(H,17,18)/t10?,11-/m0/s1. The molecule has 0 bridgehead atoms. The summed E-state index contributed by atoms with van der Waals surface area (Å²) >= 11 is 1.48. The van der Waals surface area contributed by atoms with E-state index >= 15 is 0 Å². The summed E-state index contributed by atoms with van der Waals surface area (Å²) in [6.45, 7) is 4.85. The van der Waals surface area contributed by atoms with Gasteiger partial charge in [-0.15, -0.1) is 11.8 Å². The zero-order valence-corrected chi connectivity index (χ0v) is 13.4. The minimum atomic E-state index is -0.932. The topological polar surface area (TPSA) is 78.9 Å².